The van der Waals surface area contributed by atoms with E-state index in [1.54, 1.807) is 6.92 Å². The molecule has 0 radical (unpaired) electrons. The van der Waals surface area contributed by atoms with Gasteiger partial charge < -0.3 is 10.2 Å². The molecule has 0 bridgehead atoms. The molecule has 0 aliphatic heterocycles. The van der Waals surface area contributed by atoms with Gasteiger partial charge in [0.2, 0.25) is 0 Å². The molecule has 0 aromatic heterocycles. The van der Waals surface area contributed by atoms with Crippen molar-refractivity contribution in [2.75, 3.05) is 0 Å². The molecule has 0 fully saturated rings. The fraction of sp³-hybridized carbons (Fsp3) is 0.913. The Bertz CT molecular complexity index is 353. The molecular weight excluding hydrogens is 340 g/mol. The third kappa shape index (κ3) is 15.7. The predicted molar refractivity (Wildman–Crippen MR) is 112 cm³/mol. The van der Waals surface area contributed by atoms with Crippen LogP contribution in [0, 0.1) is 11.8 Å². The lowest BCUT2D eigenvalue weighted by molar-refractivity contribution is -0.157. The summed E-state index contributed by atoms with van der Waals surface area (Å²) in [7, 11) is 0. The van der Waals surface area contributed by atoms with Crippen molar-refractivity contribution in [3.05, 3.63) is 0 Å². The van der Waals surface area contributed by atoms with Gasteiger partial charge in [-0.3, -0.25) is 9.59 Å². The van der Waals surface area contributed by atoms with Gasteiger partial charge in [0.25, 0.3) is 0 Å². The molecule has 160 valence electrons. The first-order valence-corrected chi connectivity index (χ1v) is 11.5. The zero-order valence-electron chi connectivity index (χ0n) is 17.9. The van der Waals surface area contributed by atoms with Crippen LogP contribution in [-0.4, -0.2) is 22.2 Å². The van der Waals surface area contributed by atoms with E-state index in [9.17, 15) is 9.59 Å². The van der Waals surface area contributed by atoms with Crippen LogP contribution in [0.1, 0.15) is 123 Å². The Balaban J connectivity index is 3.34. The summed E-state index contributed by atoms with van der Waals surface area (Å²) in [5.74, 6) is -3.99. The van der Waals surface area contributed by atoms with E-state index in [-0.39, 0.29) is 5.92 Å². The van der Waals surface area contributed by atoms with Crippen molar-refractivity contribution >= 4 is 11.9 Å². The van der Waals surface area contributed by atoms with Gasteiger partial charge in [-0.25, -0.2) is 0 Å². The van der Waals surface area contributed by atoms with E-state index in [1.165, 1.54) is 89.9 Å². The van der Waals surface area contributed by atoms with Crippen LogP contribution in [0.3, 0.4) is 0 Å². The summed E-state index contributed by atoms with van der Waals surface area (Å²) >= 11 is 0. The highest BCUT2D eigenvalue weighted by Crippen LogP contribution is 2.20. The first-order valence-electron chi connectivity index (χ1n) is 11.5. The number of aliphatic carboxylic acids is 2. The second-order valence-electron chi connectivity index (χ2n) is 8.22. The van der Waals surface area contributed by atoms with Crippen LogP contribution in [0.5, 0.6) is 0 Å². The second kappa shape index (κ2) is 18.3. The van der Waals surface area contributed by atoms with Crippen LogP contribution in [0.15, 0.2) is 0 Å². The molecule has 0 saturated heterocycles. The van der Waals surface area contributed by atoms with Crippen LogP contribution in [0.25, 0.3) is 0 Å². The molecule has 27 heavy (non-hydrogen) atoms. The lowest BCUT2D eigenvalue weighted by Gasteiger charge is -2.15. The maximum Gasteiger partial charge on any atom is 0.318 e. The molecular formula is C23H44O4. The van der Waals surface area contributed by atoms with E-state index in [1.807, 2.05) is 0 Å². The summed E-state index contributed by atoms with van der Waals surface area (Å²) in [5, 5.41) is 17.9. The summed E-state index contributed by atoms with van der Waals surface area (Å²) in [6.45, 7) is 4.00. The first kappa shape index (κ1) is 25.9. The van der Waals surface area contributed by atoms with E-state index in [4.69, 9.17) is 10.2 Å². The van der Waals surface area contributed by atoms with Crippen LogP contribution >= 0.6 is 0 Å². The van der Waals surface area contributed by atoms with Gasteiger partial charge in [-0.2, -0.15) is 0 Å². The largest absolute Gasteiger partial charge is 0.481 e. The number of hydrogen-bond donors (Lipinski definition) is 2. The Kier molecular flexibility index (Phi) is 17.6. The molecule has 1 atom stereocenters. The highest BCUT2D eigenvalue weighted by molar-refractivity contribution is 5.93. The van der Waals surface area contributed by atoms with Crippen molar-refractivity contribution in [3.63, 3.8) is 0 Å². The van der Waals surface area contributed by atoms with Crippen molar-refractivity contribution in [2.45, 2.75) is 123 Å². The SMILES string of the molecule is CCCCCCCCCCCCCCCCCCC(C)C(C(=O)O)C(=O)O. The van der Waals surface area contributed by atoms with Crippen molar-refractivity contribution < 1.29 is 19.8 Å². The van der Waals surface area contributed by atoms with Crippen LogP contribution in [0.4, 0.5) is 0 Å². The molecule has 2 N–H and O–H groups in total. The Hall–Kier alpha value is -1.06. The van der Waals surface area contributed by atoms with Crippen molar-refractivity contribution in [3.8, 4) is 0 Å². The minimum atomic E-state index is -1.26. The molecule has 4 heteroatoms. The first-order chi connectivity index (χ1) is 13.0. The van der Waals surface area contributed by atoms with Gasteiger partial charge in [0, 0.05) is 0 Å². The minimum Gasteiger partial charge on any atom is -0.481 e. The standard InChI is InChI=1S/C23H44O4/c1-3-4-5-6-7-8-9-10-11-12-13-14-15-16-17-18-19-20(2)21(22(24)25)23(26)27/h20-21H,3-19H2,1-2H3,(H,24,25)(H,26,27). The van der Waals surface area contributed by atoms with E-state index < -0.39 is 17.9 Å². The monoisotopic (exact) mass is 384 g/mol. The number of carbonyl (C=O) groups is 2. The molecule has 0 aromatic rings. The number of rotatable bonds is 20. The highest BCUT2D eigenvalue weighted by atomic mass is 16.4. The summed E-state index contributed by atoms with van der Waals surface area (Å²) in [4.78, 5) is 21.9. The maximum absolute atomic E-state index is 11.0. The summed E-state index contributed by atoms with van der Waals surface area (Å²) in [6, 6.07) is 0. The molecule has 0 heterocycles. The normalized spacial score (nSPS) is 12.4. The fourth-order valence-electron chi connectivity index (χ4n) is 3.77. The van der Waals surface area contributed by atoms with E-state index in [2.05, 4.69) is 6.92 Å². The Morgan fingerprint density at radius 3 is 1.19 bits per heavy atom. The third-order valence-corrected chi connectivity index (χ3v) is 5.61. The number of carboxylic acid groups (broad SMARTS) is 2. The maximum atomic E-state index is 11.0. The zero-order valence-corrected chi connectivity index (χ0v) is 17.9. The average Bonchev–Trinajstić information content (AvgIpc) is 2.60. The van der Waals surface area contributed by atoms with E-state index in [0.717, 1.165) is 12.8 Å². The van der Waals surface area contributed by atoms with Gasteiger partial charge in [0.05, 0.1) is 0 Å². The van der Waals surface area contributed by atoms with Gasteiger partial charge >= 0.3 is 11.9 Å². The highest BCUT2D eigenvalue weighted by Gasteiger charge is 2.31. The van der Waals surface area contributed by atoms with E-state index in [0.29, 0.717) is 6.42 Å². The van der Waals surface area contributed by atoms with Gasteiger partial charge in [0.1, 0.15) is 0 Å². The van der Waals surface area contributed by atoms with Crippen molar-refractivity contribution in [2.24, 2.45) is 11.8 Å². The number of unbranched alkanes of at least 4 members (excludes halogenated alkanes) is 15. The van der Waals surface area contributed by atoms with Gasteiger partial charge in [0.15, 0.2) is 5.92 Å². The Labute approximate surface area is 167 Å². The van der Waals surface area contributed by atoms with Crippen molar-refractivity contribution in [1.29, 1.82) is 0 Å². The lowest BCUT2D eigenvalue weighted by Crippen LogP contribution is -2.29. The second-order valence-corrected chi connectivity index (χ2v) is 8.22. The van der Waals surface area contributed by atoms with Gasteiger partial charge in [-0.05, 0) is 12.3 Å². The number of carboxylic acids is 2. The van der Waals surface area contributed by atoms with Gasteiger partial charge in [-0.15, -0.1) is 0 Å². The fourth-order valence-corrected chi connectivity index (χ4v) is 3.77. The molecule has 0 amide bonds. The minimum absolute atomic E-state index is 0.299. The summed E-state index contributed by atoms with van der Waals surface area (Å²) in [6.07, 6.45) is 21.6. The van der Waals surface area contributed by atoms with Crippen molar-refractivity contribution in [1.82, 2.24) is 0 Å². The molecule has 0 rings (SSSR count). The Morgan fingerprint density at radius 2 is 0.889 bits per heavy atom. The molecule has 0 saturated carbocycles. The molecule has 0 aliphatic rings. The van der Waals surface area contributed by atoms with E-state index >= 15 is 0 Å². The van der Waals surface area contributed by atoms with Gasteiger partial charge in [-0.1, -0.05) is 117 Å². The van der Waals surface area contributed by atoms with Crippen LogP contribution < -0.4 is 0 Å². The molecule has 0 spiro atoms. The topological polar surface area (TPSA) is 74.6 Å². The van der Waals surface area contributed by atoms with Crippen LogP contribution in [-0.2, 0) is 9.59 Å². The summed E-state index contributed by atoms with van der Waals surface area (Å²) < 4.78 is 0. The average molecular weight is 385 g/mol. The molecule has 1 unspecified atom stereocenters. The third-order valence-electron chi connectivity index (χ3n) is 5.61. The van der Waals surface area contributed by atoms with Crippen LogP contribution in [0.2, 0.25) is 0 Å². The lowest BCUT2D eigenvalue weighted by atomic mass is 9.89. The summed E-state index contributed by atoms with van der Waals surface area (Å²) in [5.41, 5.74) is 0. The molecule has 4 nitrogen and oxygen atoms in total. The zero-order chi connectivity index (χ0) is 20.3. The quantitative estimate of drug-likeness (QED) is 0.174. The molecule has 0 aliphatic carbocycles. The smallest absolute Gasteiger partial charge is 0.318 e. The number of hydrogen-bond acceptors (Lipinski definition) is 2. The predicted octanol–water partition coefficient (Wildman–Crippen LogP) is 7.06. The molecule has 0 aromatic carbocycles. The Morgan fingerprint density at radius 1 is 0.593 bits per heavy atom.